The maximum Gasteiger partial charge on any atom is 0.141 e. The zero-order valence-corrected chi connectivity index (χ0v) is 12.2. The maximum atomic E-state index is 12.3. The highest BCUT2D eigenvalue weighted by atomic mass is 79.9. The molecule has 0 amide bonds. The first kappa shape index (κ1) is 12.6. The monoisotopic (exact) mass is 314 g/mol. The molecule has 0 spiro atoms. The number of fused-ring (bicyclic) bond motifs is 1. The Morgan fingerprint density at radius 1 is 1.05 bits per heavy atom. The van der Waals surface area contributed by atoms with E-state index in [1.54, 1.807) is 0 Å². The van der Waals surface area contributed by atoms with Crippen molar-refractivity contribution in [3.63, 3.8) is 0 Å². The van der Waals surface area contributed by atoms with Crippen molar-refractivity contribution in [1.29, 1.82) is 0 Å². The van der Waals surface area contributed by atoms with E-state index in [4.69, 9.17) is 0 Å². The van der Waals surface area contributed by atoms with E-state index in [-0.39, 0.29) is 5.92 Å². The maximum absolute atomic E-state index is 12.3. The van der Waals surface area contributed by atoms with Crippen molar-refractivity contribution in [2.45, 2.75) is 25.2 Å². The van der Waals surface area contributed by atoms with E-state index >= 15 is 0 Å². The molecule has 19 heavy (non-hydrogen) atoms. The van der Waals surface area contributed by atoms with E-state index in [0.29, 0.717) is 12.2 Å². The second-order valence-corrected chi connectivity index (χ2v) is 5.97. The number of carbonyl (C=O) groups is 1. The molecule has 1 nitrogen and oxygen atoms in total. The van der Waals surface area contributed by atoms with Crippen molar-refractivity contribution in [3.8, 4) is 0 Å². The third-order valence-corrected chi connectivity index (χ3v) is 4.29. The molecule has 2 heteroatoms. The molecular weight excluding hydrogens is 300 g/mol. The minimum absolute atomic E-state index is 0.0173. The summed E-state index contributed by atoms with van der Waals surface area (Å²) in [6, 6.07) is 16.6. The second kappa shape index (κ2) is 5.30. The summed E-state index contributed by atoms with van der Waals surface area (Å²) in [6.07, 6.45) is 2.36. The van der Waals surface area contributed by atoms with Gasteiger partial charge in [-0.3, -0.25) is 4.79 Å². The second-order valence-electron chi connectivity index (χ2n) is 5.05. The van der Waals surface area contributed by atoms with Gasteiger partial charge >= 0.3 is 0 Å². The van der Waals surface area contributed by atoms with Gasteiger partial charge in [0.1, 0.15) is 5.78 Å². The van der Waals surface area contributed by atoms with Gasteiger partial charge in [-0.1, -0.05) is 52.3 Å². The van der Waals surface area contributed by atoms with Gasteiger partial charge in [-0.25, -0.2) is 0 Å². The SMILES string of the molecule is O=C1CCc2ccc(Br)cc2C1Cc1ccccc1. The molecule has 0 heterocycles. The predicted molar refractivity (Wildman–Crippen MR) is 80.4 cm³/mol. The summed E-state index contributed by atoms with van der Waals surface area (Å²) in [6.45, 7) is 0. The van der Waals surface area contributed by atoms with Crippen LogP contribution < -0.4 is 0 Å². The van der Waals surface area contributed by atoms with E-state index in [1.807, 2.05) is 18.2 Å². The fourth-order valence-corrected chi connectivity index (χ4v) is 3.18. The van der Waals surface area contributed by atoms with Crippen molar-refractivity contribution < 1.29 is 4.79 Å². The van der Waals surface area contributed by atoms with Crippen molar-refractivity contribution in [1.82, 2.24) is 0 Å². The molecule has 3 rings (SSSR count). The van der Waals surface area contributed by atoms with E-state index in [0.717, 1.165) is 17.3 Å². The molecule has 1 aliphatic rings. The first-order valence-electron chi connectivity index (χ1n) is 6.59. The highest BCUT2D eigenvalue weighted by Gasteiger charge is 2.27. The lowest BCUT2D eigenvalue weighted by atomic mass is 9.79. The van der Waals surface area contributed by atoms with Crippen molar-refractivity contribution >= 4 is 21.7 Å². The number of hydrogen-bond donors (Lipinski definition) is 0. The van der Waals surface area contributed by atoms with Gasteiger partial charge in [0.05, 0.1) is 0 Å². The van der Waals surface area contributed by atoms with Crippen LogP contribution in [0.25, 0.3) is 0 Å². The Morgan fingerprint density at radius 2 is 1.84 bits per heavy atom. The van der Waals surface area contributed by atoms with Crippen LogP contribution in [0.15, 0.2) is 53.0 Å². The lowest BCUT2D eigenvalue weighted by molar-refractivity contribution is -0.120. The molecule has 1 aliphatic carbocycles. The van der Waals surface area contributed by atoms with Crippen molar-refractivity contribution in [2.75, 3.05) is 0 Å². The summed E-state index contributed by atoms with van der Waals surface area (Å²) in [5.74, 6) is 0.387. The first-order chi connectivity index (χ1) is 9.24. The summed E-state index contributed by atoms with van der Waals surface area (Å²) in [7, 11) is 0. The lowest BCUT2D eigenvalue weighted by Gasteiger charge is -2.24. The van der Waals surface area contributed by atoms with E-state index in [2.05, 4.69) is 46.3 Å². The largest absolute Gasteiger partial charge is 0.299 e. The highest BCUT2D eigenvalue weighted by Crippen LogP contribution is 2.33. The van der Waals surface area contributed by atoms with Crippen LogP contribution in [0.1, 0.15) is 29.0 Å². The standard InChI is InChI=1S/C17H15BrO/c18-14-8-6-13-7-9-17(19)16(15(13)11-14)10-12-4-2-1-3-5-12/h1-6,8,11,16H,7,9-10H2. The number of aryl methyl sites for hydroxylation is 1. The molecule has 0 bridgehead atoms. The normalized spacial score (nSPS) is 18.2. The lowest BCUT2D eigenvalue weighted by Crippen LogP contribution is -2.22. The highest BCUT2D eigenvalue weighted by molar-refractivity contribution is 9.10. The number of halogens is 1. The molecule has 0 saturated heterocycles. The van der Waals surface area contributed by atoms with Crippen LogP contribution in [-0.2, 0) is 17.6 Å². The number of ketones is 1. The molecule has 2 aromatic rings. The Morgan fingerprint density at radius 3 is 2.63 bits per heavy atom. The van der Waals surface area contributed by atoms with E-state index in [1.165, 1.54) is 16.7 Å². The van der Waals surface area contributed by atoms with Gasteiger partial charge in [-0.05, 0) is 41.7 Å². The molecule has 0 saturated carbocycles. The van der Waals surface area contributed by atoms with E-state index in [9.17, 15) is 4.79 Å². The third-order valence-electron chi connectivity index (χ3n) is 3.80. The topological polar surface area (TPSA) is 17.1 Å². The zero-order chi connectivity index (χ0) is 13.2. The number of hydrogen-bond acceptors (Lipinski definition) is 1. The molecule has 0 radical (unpaired) electrons. The molecule has 1 atom stereocenters. The number of benzene rings is 2. The van der Waals surface area contributed by atoms with Crippen LogP contribution in [-0.4, -0.2) is 5.78 Å². The van der Waals surface area contributed by atoms with Crippen molar-refractivity contribution in [3.05, 3.63) is 69.7 Å². The van der Waals surface area contributed by atoms with Crippen LogP contribution in [0.3, 0.4) is 0 Å². The van der Waals surface area contributed by atoms with Gasteiger partial charge in [0.2, 0.25) is 0 Å². The van der Waals surface area contributed by atoms with Gasteiger partial charge in [0.25, 0.3) is 0 Å². The first-order valence-corrected chi connectivity index (χ1v) is 7.38. The number of rotatable bonds is 2. The fourth-order valence-electron chi connectivity index (χ4n) is 2.80. The van der Waals surface area contributed by atoms with Crippen LogP contribution >= 0.6 is 15.9 Å². The van der Waals surface area contributed by atoms with Crippen LogP contribution in [0.2, 0.25) is 0 Å². The van der Waals surface area contributed by atoms with E-state index < -0.39 is 0 Å². The molecule has 2 aromatic carbocycles. The molecule has 0 fully saturated rings. The van der Waals surface area contributed by atoms with Crippen LogP contribution in [0.5, 0.6) is 0 Å². The zero-order valence-electron chi connectivity index (χ0n) is 10.6. The van der Waals surface area contributed by atoms with Gasteiger partial charge in [0.15, 0.2) is 0 Å². The minimum Gasteiger partial charge on any atom is -0.299 e. The van der Waals surface area contributed by atoms with Crippen molar-refractivity contribution in [2.24, 2.45) is 0 Å². The predicted octanol–water partition coefficient (Wildman–Crippen LogP) is 4.29. The van der Waals surface area contributed by atoms with Gasteiger partial charge in [0, 0.05) is 16.8 Å². The summed E-state index contributed by atoms with van der Waals surface area (Å²) in [4.78, 5) is 12.3. The van der Waals surface area contributed by atoms with Crippen LogP contribution in [0.4, 0.5) is 0 Å². The molecule has 0 aromatic heterocycles. The minimum atomic E-state index is 0.0173. The van der Waals surface area contributed by atoms with Crippen LogP contribution in [0, 0.1) is 0 Å². The quantitative estimate of drug-likeness (QED) is 0.808. The molecule has 96 valence electrons. The summed E-state index contributed by atoms with van der Waals surface area (Å²) >= 11 is 3.51. The summed E-state index contributed by atoms with van der Waals surface area (Å²) in [5.41, 5.74) is 3.76. The average Bonchev–Trinajstić information content (AvgIpc) is 2.43. The van der Waals surface area contributed by atoms with Gasteiger partial charge in [-0.15, -0.1) is 0 Å². The third kappa shape index (κ3) is 2.64. The molecule has 1 unspecified atom stereocenters. The average molecular weight is 315 g/mol. The Hall–Kier alpha value is -1.41. The number of Topliss-reactive ketones (excluding diaryl/α,β-unsaturated/α-hetero) is 1. The fraction of sp³-hybridized carbons (Fsp3) is 0.235. The smallest absolute Gasteiger partial charge is 0.141 e. The molecular formula is C17H15BrO. The molecule has 0 N–H and O–H groups in total. The summed E-state index contributed by atoms with van der Waals surface area (Å²) < 4.78 is 1.05. The Labute approximate surface area is 121 Å². The number of carbonyl (C=O) groups excluding carboxylic acids is 1. The Balaban J connectivity index is 1.97. The summed E-state index contributed by atoms with van der Waals surface area (Å²) in [5, 5.41) is 0. The molecule has 0 aliphatic heterocycles. The van der Waals surface area contributed by atoms with Gasteiger partial charge in [-0.2, -0.15) is 0 Å². The Kier molecular flexibility index (Phi) is 3.52. The van der Waals surface area contributed by atoms with Gasteiger partial charge < -0.3 is 0 Å². The Bertz CT molecular complexity index is 604.